The van der Waals surface area contributed by atoms with E-state index in [9.17, 15) is 0 Å². The Bertz CT molecular complexity index is 585. The molecule has 2 heterocycles. The van der Waals surface area contributed by atoms with Crippen LogP contribution in [0.1, 0.15) is 24.2 Å². The van der Waals surface area contributed by atoms with Crippen LogP contribution >= 0.6 is 0 Å². The predicted octanol–water partition coefficient (Wildman–Crippen LogP) is 2.77. The molecule has 4 nitrogen and oxygen atoms in total. The van der Waals surface area contributed by atoms with Gasteiger partial charge in [0, 0.05) is 32.5 Å². The Morgan fingerprint density at radius 1 is 1.29 bits per heavy atom. The Kier molecular flexibility index (Phi) is 4.25. The molecule has 1 aliphatic heterocycles. The van der Waals surface area contributed by atoms with E-state index in [0.29, 0.717) is 6.10 Å². The highest BCUT2D eigenvalue weighted by Crippen LogP contribution is 2.20. The highest BCUT2D eigenvalue weighted by molar-refractivity contribution is 5.27. The number of imidazole rings is 1. The lowest BCUT2D eigenvalue weighted by atomic mass is 10.1. The smallest absolute Gasteiger partial charge is 0.122 e. The zero-order valence-electron chi connectivity index (χ0n) is 12.8. The number of ether oxygens (including phenoxy) is 1. The van der Waals surface area contributed by atoms with E-state index >= 15 is 0 Å². The minimum atomic E-state index is 0.337. The van der Waals surface area contributed by atoms with E-state index in [1.54, 1.807) is 0 Å². The maximum absolute atomic E-state index is 6.10. The molecule has 1 saturated heterocycles. The summed E-state index contributed by atoms with van der Waals surface area (Å²) >= 11 is 0. The Hall–Kier alpha value is -1.81. The fourth-order valence-corrected chi connectivity index (χ4v) is 2.82. The van der Waals surface area contributed by atoms with Crippen molar-refractivity contribution < 1.29 is 4.74 Å². The van der Waals surface area contributed by atoms with Gasteiger partial charge in [-0.1, -0.05) is 12.1 Å². The molecule has 2 aromatic rings. The summed E-state index contributed by atoms with van der Waals surface area (Å²) in [6.07, 6.45) is 6.37. The second kappa shape index (κ2) is 6.31. The lowest BCUT2D eigenvalue weighted by Gasteiger charge is -2.31. The average Bonchev–Trinajstić information content (AvgIpc) is 2.87. The van der Waals surface area contributed by atoms with Gasteiger partial charge < -0.3 is 9.30 Å². The zero-order valence-corrected chi connectivity index (χ0v) is 12.8. The van der Waals surface area contributed by atoms with Gasteiger partial charge in [-0.2, -0.15) is 0 Å². The van der Waals surface area contributed by atoms with Gasteiger partial charge in [-0.05, 0) is 37.5 Å². The molecular weight excluding hydrogens is 262 g/mol. The molecule has 4 heteroatoms. The van der Waals surface area contributed by atoms with Crippen molar-refractivity contribution in [1.29, 1.82) is 0 Å². The van der Waals surface area contributed by atoms with Gasteiger partial charge in [0.1, 0.15) is 17.7 Å². The van der Waals surface area contributed by atoms with Gasteiger partial charge in [-0.25, -0.2) is 4.98 Å². The second-order valence-corrected chi connectivity index (χ2v) is 5.86. The number of hydrogen-bond donors (Lipinski definition) is 0. The molecule has 0 aliphatic carbocycles. The molecular formula is C17H23N3O. The molecule has 0 spiro atoms. The standard InChI is InChI=1S/C17H23N3O/c1-14-4-3-5-16(12-14)21-15-6-9-20(10-7-15)13-17-18-8-11-19(17)2/h3-5,8,11-12,15H,6-7,9-10,13H2,1-2H3. The second-order valence-electron chi connectivity index (χ2n) is 5.86. The summed E-state index contributed by atoms with van der Waals surface area (Å²) in [5.74, 6) is 2.13. The highest BCUT2D eigenvalue weighted by Gasteiger charge is 2.21. The number of aryl methyl sites for hydroxylation is 2. The van der Waals surface area contributed by atoms with Crippen molar-refractivity contribution in [2.24, 2.45) is 7.05 Å². The van der Waals surface area contributed by atoms with Crippen LogP contribution in [0.5, 0.6) is 5.75 Å². The van der Waals surface area contributed by atoms with Crippen molar-refractivity contribution >= 4 is 0 Å². The Labute approximate surface area is 126 Å². The fourth-order valence-electron chi connectivity index (χ4n) is 2.82. The van der Waals surface area contributed by atoms with Crippen LogP contribution in [0.2, 0.25) is 0 Å². The lowest BCUT2D eigenvalue weighted by Crippen LogP contribution is -2.38. The van der Waals surface area contributed by atoms with Gasteiger partial charge in [0.25, 0.3) is 0 Å². The molecule has 0 saturated carbocycles. The summed E-state index contributed by atoms with van der Waals surface area (Å²) in [5, 5.41) is 0. The van der Waals surface area contributed by atoms with Crippen LogP contribution in [0.3, 0.4) is 0 Å². The number of likely N-dealkylation sites (tertiary alicyclic amines) is 1. The Morgan fingerprint density at radius 2 is 2.10 bits per heavy atom. The molecule has 0 N–H and O–H groups in total. The third kappa shape index (κ3) is 3.64. The van der Waals surface area contributed by atoms with Crippen molar-refractivity contribution in [1.82, 2.24) is 14.5 Å². The van der Waals surface area contributed by atoms with Gasteiger partial charge in [0.15, 0.2) is 0 Å². The van der Waals surface area contributed by atoms with Gasteiger partial charge >= 0.3 is 0 Å². The SMILES string of the molecule is Cc1cccc(OC2CCN(Cc3nccn3C)CC2)c1. The molecule has 21 heavy (non-hydrogen) atoms. The summed E-state index contributed by atoms with van der Waals surface area (Å²) in [7, 11) is 2.05. The zero-order chi connectivity index (χ0) is 14.7. The van der Waals surface area contributed by atoms with Crippen molar-refractivity contribution in [2.45, 2.75) is 32.4 Å². The molecule has 112 valence electrons. The quantitative estimate of drug-likeness (QED) is 0.865. The average molecular weight is 285 g/mol. The van der Waals surface area contributed by atoms with Crippen molar-refractivity contribution in [3.63, 3.8) is 0 Å². The predicted molar refractivity (Wildman–Crippen MR) is 83.3 cm³/mol. The number of aromatic nitrogens is 2. The monoisotopic (exact) mass is 285 g/mol. The first-order valence-corrected chi connectivity index (χ1v) is 7.62. The minimum Gasteiger partial charge on any atom is -0.490 e. The van der Waals surface area contributed by atoms with Crippen LogP contribution < -0.4 is 4.74 Å². The van der Waals surface area contributed by atoms with Crippen LogP contribution in [0.4, 0.5) is 0 Å². The molecule has 0 bridgehead atoms. The highest BCUT2D eigenvalue weighted by atomic mass is 16.5. The fraction of sp³-hybridized carbons (Fsp3) is 0.471. The number of nitrogens with zero attached hydrogens (tertiary/aromatic N) is 3. The van der Waals surface area contributed by atoms with E-state index in [-0.39, 0.29) is 0 Å². The molecule has 3 rings (SSSR count). The summed E-state index contributed by atoms with van der Waals surface area (Å²) in [4.78, 5) is 6.85. The van der Waals surface area contributed by atoms with Crippen molar-refractivity contribution in [2.75, 3.05) is 13.1 Å². The van der Waals surface area contributed by atoms with E-state index < -0.39 is 0 Å². The van der Waals surface area contributed by atoms with E-state index in [4.69, 9.17) is 4.74 Å². The molecule has 0 radical (unpaired) electrons. The molecule has 0 amide bonds. The summed E-state index contributed by atoms with van der Waals surface area (Å²) in [6, 6.07) is 8.32. The third-order valence-electron chi connectivity index (χ3n) is 4.11. The van der Waals surface area contributed by atoms with Crippen molar-refractivity contribution in [3.05, 3.63) is 48.0 Å². The first kappa shape index (κ1) is 14.1. The summed E-state index contributed by atoms with van der Waals surface area (Å²) < 4.78 is 8.19. The van der Waals surface area contributed by atoms with Crippen LogP contribution in [0.15, 0.2) is 36.7 Å². The molecule has 1 aromatic heterocycles. The van der Waals surface area contributed by atoms with E-state index in [1.165, 1.54) is 5.56 Å². The van der Waals surface area contributed by atoms with Crippen LogP contribution in [-0.2, 0) is 13.6 Å². The Morgan fingerprint density at radius 3 is 2.76 bits per heavy atom. The van der Waals surface area contributed by atoms with E-state index in [1.807, 2.05) is 18.5 Å². The van der Waals surface area contributed by atoms with Crippen LogP contribution in [-0.4, -0.2) is 33.6 Å². The van der Waals surface area contributed by atoms with Gasteiger partial charge in [-0.3, -0.25) is 4.90 Å². The Balaban J connectivity index is 1.50. The van der Waals surface area contributed by atoms with Crippen LogP contribution in [0.25, 0.3) is 0 Å². The number of piperidine rings is 1. The lowest BCUT2D eigenvalue weighted by molar-refractivity contribution is 0.0949. The van der Waals surface area contributed by atoms with E-state index in [0.717, 1.165) is 44.0 Å². The van der Waals surface area contributed by atoms with Gasteiger partial charge in [0.2, 0.25) is 0 Å². The molecule has 1 fully saturated rings. The topological polar surface area (TPSA) is 30.3 Å². The summed E-state index contributed by atoms with van der Waals surface area (Å²) in [5.41, 5.74) is 1.25. The summed E-state index contributed by atoms with van der Waals surface area (Å²) in [6.45, 7) is 5.18. The molecule has 1 aromatic carbocycles. The number of benzene rings is 1. The van der Waals surface area contributed by atoms with Gasteiger partial charge in [0.05, 0.1) is 6.54 Å². The largest absolute Gasteiger partial charge is 0.490 e. The normalized spacial score (nSPS) is 17.0. The minimum absolute atomic E-state index is 0.337. The first-order chi connectivity index (χ1) is 10.2. The van der Waals surface area contributed by atoms with E-state index in [2.05, 4.69) is 46.6 Å². The van der Waals surface area contributed by atoms with Gasteiger partial charge in [-0.15, -0.1) is 0 Å². The molecule has 0 atom stereocenters. The van der Waals surface area contributed by atoms with Crippen LogP contribution in [0, 0.1) is 6.92 Å². The number of hydrogen-bond acceptors (Lipinski definition) is 3. The van der Waals surface area contributed by atoms with Crippen molar-refractivity contribution in [3.8, 4) is 5.75 Å². The number of rotatable bonds is 4. The first-order valence-electron chi connectivity index (χ1n) is 7.62. The maximum Gasteiger partial charge on any atom is 0.122 e. The molecule has 1 aliphatic rings. The molecule has 0 unspecified atom stereocenters. The third-order valence-corrected chi connectivity index (χ3v) is 4.11. The maximum atomic E-state index is 6.10.